The molecule has 230 valence electrons. The molecule has 0 aliphatic carbocycles. The summed E-state index contributed by atoms with van der Waals surface area (Å²) in [7, 11) is 2.37. The van der Waals surface area contributed by atoms with Crippen molar-refractivity contribution in [3.8, 4) is 17.0 Å². The number of aromatic nitrogens is 6. The molecule has 3 aromatic carbocycles. The Kier molecular flexibility index (Phi) is 8.19. The van der Waals surface area contributed by atoms with E-state index in [1.165, 1.54) is 0 Å². The van der Waals surface area contributed by atoms with Crippen molar-refractivity contribution in [3.05, 3.63) is 88.0 Å². The summed E-state index contributed by atoms with van der Waals surface area (Å²) in [6.07, 6.45) is 3.56. The summed E-state index contributed by atoms with van der Waals surface area (Å²) in [5.74, 6) is 1.57. The maximum Gasteiger partial charge on any atom is 0.194 e. The summed E-state index contributed by atoms with van der Waals surface area (Å²) in [4.78, 5) is 14.2. The minimum atomic E-state index is -0.0505. The van der Waals surface area contributed by atoms with Crippen molar-refractivity contribution < 1.29 is 9.53 Å². The number of hydrogen-bond donors (Lipinski definition) is 0. The first kappa shape index (κ1) is 30.0. The number of carbonyl (C=O) groups is 1. The monoisotopic (exact) mass is 656 g/mol. The molecule has 4 heterocycles. The number of carbonyl (C=O) groups excluding carboxylic acids is 1. The lowest BCUT2D eigenvalue weighted by atomic mass is 9.99. The Morgan fingerprint density at radius 1 is 1.02 bits per heavy atom. The number of benzene rings is 3. The van der Waals surface area contributed by atoms with Crippen LogP contribution in [0.25, 0.3) is 32.9 Å². The molecule has 11 heteroatoms. The first-order chi connectivity index (χ1) is 21.8. The molecule has 0 spiro atoms. The number of thioether (sulfide) groups is 1. The second kappa shape index (κ2) is 12.3. The van der Waals surface area contributed by atoms with E-state index in [-0.39, 0.29) is 5.52 Å². The third-order valence-corrected chi connectivity index (χ3v) is 10.2. The van der Waals surface area contributed by atoms with E-state index in [2.05, 4.69) is 66.1 Å². The number of halogens is 1. The molecule has 3 aromatic heterocycles. The third kappa shape index (κ3) is 5.56. The van der Waals surface area contributed by atoms with Gasteiger partial charge in [0.05, 0.1) is 34.4 Å². The molecule has 8 bridgehead atoms. The molecule has 0 saturated carbocycles. The fraction of sp³-hybridized carbons (Fsp3) is 0.294. The van der Waals surface area contributed by atoms with Gasteiger partial charge in [0, 0.05) is 58.3 Å². The first-order valence-corrected chi connectivity index (χ1v) is 17.1. The molecule has 1 unspecified atom stereocenters. The van der Waals surface area contributed by atoms with Gasteiger partial charge in [0.25, 0.3) is 0 Å². The normalized spacial score (nSPS) is 14.3. The zero-order chi connectivity index (χ0) is 31.2. The molecule has 0 saturated heterocycles. The van der Waals surface area contributed by atoms with E-state index in [0.29, 0.717) is 42.7 Å². The fourth-order valence-corrected chi connectivity index (χ4v) is 7.92. The summed E-state index contributed by atoms with van der Waals surface area (Å²) in [6.45, 7) is 8.67. The van der Waals surface area contributed by atoms with Crippen molar-refractivity contribution in [2.24, 2.45) is 0 Å². The van der Waals surface area contributed by atoms with Crippen LogP contribution < -0.4 is 4.74 Å². The summed E-state index contributed by atoms with van der Waals surface area (Å²) in [5.41, 5.74) is 7.40. The second-order valence-electron chi connectivity index (χ2n) is 11.5. The Morgan fingerprint density at radius 3 is 2.71 bits per heavy atom. The molecule has 1 aliphatic rings. The van der Waals surface area contributed by atoms with E-state index in [0.717, 1.165) is 78.9 Å². The molecule has 8 nitrogen and oxygen atoms in total. The first-order valence-electron chi connectivity index (χ1n) is 15.1. The predicted octanol–water partition coefficient (Wildman–Crippen LogP) is 8.01. The van der Waals surface area contributed by atoms with Crippen LogP contribution >= 0.6 is 32.6 Å². The van der Waals surface area contributed by atoms with Gasteiger partial charge in [-0.15, -0.1) is 16.9 Å². The van der Waals surface area contributed by atoms with Crippen molar-refractivity contribution >= 4 is 59.8 Å². The molecule has 0 radical (unpaired) electrons. The SMILES string of the molecule is Cc1nn2c(c1C)-c1c(Cl)ccc3c1c(C)c(C(=O)P)n3CCCOc1cc(cc3ccccc13)SCc1cn(nn1)CCC2. The summed E-state index contributed by atoms with van der Waals surface area (Å²) < 4.78 is 12.5. The van der Waals surface area contributed by atoms with Crippen LogP contribution in [0.1, 0.15) is 45.8 Å². The highest BCUT2D eigenvalue weighted by Gasteiger charge is 2.25. The molecular formula is C34H34ClN6O2PS. The topological polar surface area (TPSA) is 79.8 Å². The molecular weight excluding hydrogens is 623 g/mol. The molecule has 1 aliphatic heterocycles. The Balaban J connectivity index is 1.35. The van der Waals surface area contributed by atoms with Gasteiger partial charge in [-0.25, -0.2) is 0 Å². The largest absolute Gasteiger partial charge is 0.493 e. The van der Waals surface area contributed by atoms with Gasteiger partial charge in [-0.05, 0) is 74.4 Å². The van der Waals surface area contributed by atoms with Gasteiger partial charge in [0.15, 0.2) is 5.52 Å². The van der Waals surface area contributed by atoms with Crippen LogP contribution in [0.15, 0.2) is 59.6 Å². The van der Waals surface area contributed by atoms with Crippen molar-refractivity contribution in [2.45, 2.75) is 63.9 Å². The smallest absolute Gasteiger partial charge is 0.194 e. The fourth-order valence-electron chi connectivity index (χ4n) is 6.45. The van der Waals surface area contributed by atoms with Crippen LogP contribution in [-0.2, 0) is 25.4 Å². The average Bonchev–Trinajstić information content (AvgIpc) is 3.68. The van der Waals surface area contributed by atoms with Crippen molar-refractivity contribution in [2.75, 3.05) is 6.61 Å². The van der Waals surface area contributed by atoms with E-state index < -0.39 is 0 Å². The van der Waals surface area contributed by atoms with Crippen molar-refractivity contribution in [1.29, 1.82) is 0 Å². The van der Waals surface area contributed by atoms with Gasteiger partial charge in [-0.2, -0.15) is 5.10 Å². The molecule has 7 rings (SSSR count). The minimum absolute atomic E-state index is 0.0505. The summed E-state index contributed by atoms with van der Waals surface area (Å²) >= 11 is 8.74. The zero-order valence-electron chi connectivity index (χ0n) is 25.5. The lowest BCUT2D eigenvalue weighted by molar-refractivity contribution is 0.107. The van der Waals surface area contributed by atoms with Crippen molar-refractivity contribution in [3.63, 3.8) is 0 Å². The van der Waals surface area contributed by atoms with E-state index in [1.807, 2.05) is 42.9 Å². The number of rotatable bonds is 1. The quantitative estimate of drug-likeness (QED) is 0.167. The number of fused-ring (bicyclic) bond motifs is 8. The van der Waals surface area contributed by atoms with Gasteiger partial charge in [-0.1, -0.05) is 50.3 Å². The van der Waals surface area contributed by atoms with E-state index in [4.69, 9.17) is 21.4 Å². The zero-order valence-corrected chi connectivity index (χ0v) is 28.2. The highest BCUT2D eigenvalue weighted by Crippen LogP contribution is 2.42. The van der Waals surface area contributed by atoms with Crippen molar-refractivity contribution in [1.82, 2.24) is 29.3 Å². The predicted molar refractivity (Wildman–Crippen MR) is 185 cm³/mol. The Morgan fingerprint density at radius 2 is 1.87 bits per heavy atom. The summed E-state index contributed by atoms with van der Waals surface area (Å²) in [5, 5.41) is 17.6. The number of aryl methyl sites for hydroxylation is 5. The maximum atomic E-state index is 13.1. The molecule has 0 fully saturated rings. The van der Waals surface area contributed by atoms with Crippen LogP contribution in [0.2, 0.25) is 5.02 Å². The molecule has 0 amide bonds. The highest BCUT2D eigenvalue weighted by atomic mass is 35.5. The molecule has 0 N–H and O–H groups in total. The lowest BCUT2D eigenvalue weighted by Gasteiger charge is -2.14. The maximum absolute atomic E-state index is 13.1. The number of nitrogens with zero attached hydrogens (tertiary/aromatic N) is 6. The van der Waals surface area contributed by atoms with Crippen LogP contribution in [-0.4, -0.2) is 41.5 Å². The molecule has 1 atom stereocenters. The standard InChI is InChI=1S/C34H34ClN6O2PS/c1-20-22(3)37-41-14-6-12-39-18-24(36-38-39)19-45-25-16-23-8-4-5-9-26(23)29(17-25)43-15-7-13-40-28-11-10-27(35)31(32(20)41)30(28)21(2)33(40)34(42)44/h4-5,8-11,16-18H,6-7,12-15,19,44H2,1-3H3. The van der Waals surface area contributed by atoms with Gasteiger partial charge in [0.1, 0.15) is 5.75 Å². The van der Waals surface area contributed by atoms with Gasteiger partial charge < -0.3 is 9.30 Å². The van der Waals surface area contributed by atoms with Gasteiger partial charge >= 0.3 is 0 Å². The highest BCUT2D eigenvalue weighted by molar-refractivity contribution is 7.98. The van der Waals surface area contributed by atoms with E-state index in [9.17, 15) is 4.79 Å². The van der Waals surface area contributed by atoms with E-state index in [1.54, 1.807) is 11.8 Å². The Bertz CT molecular complexity index is 2100. The second-order valence-corrected chi connectivity index (χ2v) is 13.5. The Hall–Kier alpha value is -3.65. The third-order valence-electron chi connectivity index (χ3n) is 8.63. The number of hydrogen-bond acceptors (Lipinski definition) is 6. The molecule has 6 aromatic rings. The van der Waals surface area contributed by atoms with Crippen LogP contribution in [0.3, 0.4) is 0 Å². The lowest BCUT2D eigenvalue weighted by Crippen LogP contribution is -2.09. The van der Waals surface area contributed by atoms with Crippen LogP contribution in [0, 0.1) is 20.8 Å². The van der Waals surface area contributed by atoms with Crippen LogP contribution in [0.5, 0.6) is 5.75 Å². The van der Waals surface area contributed by atoms with Crippen LogP contribution in [0.4, 0.5) is 0 Å². The molecule has 45 heavy (non-hydrogen) atoms. The Labute approximate surface area is 273 Å². The van der Waals surface area contributed by atoms with Gasteiger partial charge in [-0.3, -0.25) is 14.2 Å². The summed E-state index contributed by atoms with van der Waals surface area (Å²) in [6, 6.07) is 16.6. The average molecular weight is 657 g/mol. The number of ether oxygens (including phenoxy) is 1. The van der Waals surface area contributed by atoms with Gasteiger partial charge in [0.2, 0.25) is 0 Å². The minimum Gasteiger partial charge on any atom is -0.493 e. The van der Waals surface area contributed by atoms with E-state index >= 15 is 0 Å².